The summed E-state index contributed by atoms with van der Waals surface area (Å²) >= 11 is 0. The van der Waals surface area contributed by atoms with Crippen LogP contribution < -0.4 is 5.63 Å². The SMILES string of the molecule is Cc1ccc2oc(=O)c3c(C)cc(C)nc3c2c1. The number of fused-ring (bicyclic) bond motifs is 3. The van der Waals surface area contributed by atoms with Gasteiger partial charge in [-0.2, -0.15) is 0 Å². The van der Waals surface area contributed by atoms with Gasteiger partial charge in [-0.1, -0.05) is 11.6 Å². The molecule has 18 heavy (non-hydrogen) atoms. The maximum Gasteiger partial charge on any atom is 0.346 e. The Hall–Kier alpha value is -2.16. The molecule has 0 radical (unpaired) electrons. The molecular weight excluding hydrogens is 226 g/mol. The maximum absolute atomic E-state index is 12.0. The van der Waals surface area contributed by atoms with Crippen molar-refractivity contribution in [3.8, 4) is 0 Å². The molecule has 0 atom stereocenters. The van der Waals surface area contributed by atoms with Gasteiger partial charge in [0.15, 0.2) is 0 Å². The van der Waals surface area contributed by atoms with Crippen LogP contribution in [0.3, 0.4) is 0 Å². The molecule has 0 saturated carbocycles. The van der Waals surface area contributed by atoms with Crippen LogP contribution in [0.4, 0.5) is 0 Å². The molecule has 1 aromatic carbocycles. The van der Waals surface area contributed by atoms with Gasteiger partial charge >= 0.3 is 5.63 Å². The zero-order valence-corrected chi connectivity index (χ0v) is 10.6. The lowest BCUT2D eigenvalue weighted by molar-refractivity contribution is 0.569. The number of hydrogen-bond donors (Lipinski definition) is 0. The second-order valence-electron chi connectivity index (χ2n) is 4.69. The quantitative estimate of drug-likeness (QED) is 0.446. The molecule has 3 nitrogen and oxygen atoms in total. The molecule has 0 unspecified atom stereocenters. The van der Waals surface area contributed by atoms with Crippen LogP contribution in [0.25, 0.3) is 21.9 Å². The molecule has 3 aromatic rings. The van der Waals surface area contributed by atoms with E-state index in [1.165, 1.54) is 0 Å². The molecule has 0 aliphatic rings. The van der Waals surface area contributed by atoms with Crippen molar-refractivity contribution in [1.82, 2.24) is 4.98 Å². The smallest absolute Gasteiger partial charge is 0.346 e. The van der Waals surface area contributed by atoms with Crippen molar-refractivity contribution in [1.29, 1.82) is 0 Å². The number of aryl methyl sites for hydroxylation is 3. The summed E-state index contributed by atoms with van der Waals surface area (Å²) < 4.78 is 5.36. The van der Waals surface area contributed by atoms with Crippen LogP contribution in [0.15, 0.2) is 33.5 Å². The molecule has 90 valence electrons. The molecule has 3 heteroatoms. The van der Waals surface area contributed by atoms with E-state index in [2.05, 4.69) is 4.98 Å². The molecule has 0 amide bonds. The zero-order chi connectivity index (χ0) is 12.9. The predicted octanol–water partition coefficient (Wildman–Crippen LogP) is 3.27. The highest BCUT2D eigenvalue weighted by Gasteiger charge is 2.11. The van der Waals surface area contributed by atoms with E-state index in [9.17, 15) is 4.79 Å². The van der Waals surface area contributed by atoms with Crippen molar-refractivity contribution in [3.63, 3.8) is 0 Å². The number of nitrogens with zero attached hydrogens (tertiary/aromatic N) is 1. The molecule has 0 fully saturated rings. The number of rotatable bonds is 0. The van der Waals surface area contributed by atoms with Gasteiger partial charge in [0.05, 0.1) is 10.9 Å². The summed E-state index contributed by atoms with van der Waals surface area (Å²) in [6.45, 7) is 5.86. The van der Waals surface area contributed by atoms with Crippen molar-refractivity contribution >= 4 is 21.9 Å². The highest BCUT2D eigenvalue weighted by atomic mass is 16.4. The van der Waals surface area contributed by atoms with Gasteiger partial charge in [-0.05, 0) is 44.5 Å². The fourth-order valence-corrected chi connectivity index (χ4v) is 2.36. The third-order valence-electron chi connectivity index (χ3n) is 3.14. The lowest BCUT2D eigenvalue weighted by atomic mass is 10.1. The van der Waals surface area contributed by atoms with Gasteiger partial charge in [0.2, 0.25) is 0 Å². The Bertz CT molecular complexity index is 831. The third-order valence-corrected chi connectivity index (χ3v) is 3.14. The second kappa shape index (κ2) is 3.67. The number of aromatic nitrogens is 1. The highest BCUT2D eigenvalue weighted by Crippen LogP contribution is 2.24. The molecule has 0 spiro atoms. The summed E-state index contributed by atoms with van der Waals surface area (Å²) in [5.74, 6) is 0. The second-order valence-corrected chi connectivity index (χ2v) is 4.69. The van der Waals surface area contributed by atoms with Crippen LogP contribution >= 0.6 is 0 Å². The number of benzene rings is 1. The van der Waals surface area contributed by atoms with E-state index < -0.39 is 0 Å². The largest absolute Gasteiger partial charge is 0.422 e. The first-order valence-electron chi connectivity index (χ1n) is 5.87. The van der Waals surface area contributed by atoms with Crippen molar-refractivity contribution in [2.75, 3.05) is 0 Å². The Balaban J connectivity index is 2.67. The van der Waals surface area contributed by atoms with Crippen LogP contribution in [-0.2, 0) is 0 Å². The molecule has 3 rings (SSSR count). The van der Waals surface area contributed by atoms with Crippen LogP contribution in [0.5, 0.6) is 0 Å². The van der Waals surface area contributed by atoms with Gasteiger partial charge in [0.25, 0.3) is 0 Å². The van der Waals surface area contributed by atoms with E-state index in [1.54, 1.807) is 0 Å². The Morgan fingerprint density at radius 2 is 1.89 bits per heavy atom. The third kappa shape index (κ3) is 1.51. The topological polar surface area (TPSA) is 43.1 Å². The van der Waals surface area contributed by atoms with Gasteiger partial charge in [-0.3, -0.25) is 4.98 Å². The molecule has 0 aliphatic carbocycles. The molecule has 2 aromatic heterocycles. The minimum absolute atomic E-state index is 0.314. The minimum Gasteiger partial charge on any atom is -0.422 e. The van der Waals surface area contributed by atoms with E-state index in [1.807, 2.05) is 45.0 Å². The van der Waals surface area contributed by atoms with Crippen molar-refractivity contribution in [3.05, 3.63) is 51.5 Å². The Morgan fingerprint density at radius 1 is 1.11 bits per heavy atom. The normalized spacial score (nSPS) is 11.3. The van der Waals surface area contributed by atoms with Crippen LogP contribution in [0.1, 0.15) is 16.8 Å². The Kier molecular flexibility index (Phi) is 2.23. The number of pyridine rings is 1. The average Bonchev–Trinajstić information content (AvgIpc) is 2.29. The molecule has 0 bridgehead atoms. The van der Waals surface area contributed by atoms with E-state index in [0.29, 0.717) is 11.0 Å². The van der Waals surface area contributed by atoms with Gasteiger partial charge in [0.1, 0.15) is 5.58 Å². The summed E-state index contributed by atoms with van der Waals surface area (Å²) in [6, 6.07) is 7.66. The fraction of sp³-hybridized carbons (Fsp3) is 0.200. The fourth-order valence-electron chi connectivity index (χ4n) is 2.36. The lowest BCUT2D eigenvalue weighted by Gasteiger charge is -2.06. The summed E-state index contributed by atoms with van der Waals surface area (Å²) in [5, 5.41) is 1.48. The monoisotopic (exact) mass is 239 g/mol. The first-order chi connectivity index (χ1) is 8.56. The predicted molar refractivity (Wildman–Crippen MR) is 72.0 cm³/mol. The summed E-state index contributed by atoms with van der Waals surface area (Å²) in [5.41, 5.74) is 3.96. The first kappa shape index (κ1) is 11.0. The van der Waals surface area contributed by atoms with Crippen molar-refractivity contribution in [2.45, 2.75) is 20.8 Å². The highest BCUT2D eigenvalue weighted by molar-refractivity contribution is 6.02. The summed E-state index contributed by atoms with van der Waals surface area (Å²) in [6.07, 6.45) is 0. The van der Waals surface area contributed by atoms with Gasteiger partial charge < -0.3 is 4.42 Å². The van der Waals surface area contributed by atoms with Crippen LogP contribution in [0, 0.1) is 20.8 Å². The lowest BCUT2D eigenvalue weighted by Crippen LogP contribution is -2.04. The van der Waals surface area contributed by atoms with Gasteiger partial charge in [-0.15, -0.1) is 0 Å². The molecule has 0 saturated heterocycles. The van der Waals surface area contributed by atoms with E-state index >= 15 is 0 Å². The Morgan fingerprint density at radius 3 is 2.67 bits per heavy atom. The van der Waals surface area contributed by atoms with E-state index in [-0.39, 0.29) is 5.63 Å². The standard InChI is InChI=1S/C15H13NO2/c1-8-4-5-12-11(6-8)14-13(15(17)18-12)9(2)7-10(3)16-14/h4-7H,1-3H3. The first-order valence-corrected chi connectivity index (χ1v) is 5.87. The van der Waals surface area contributed by atoms with Crippen LogP contribution in [0.2, 0.25) is 0 Å². The molecular formula is C15H13NO2. The van der Waals surface area contributed by atoms with Crippen LogP contribution in [-0.4, -0.2) is 4.98 Å². The Labute approximate surface area is 104 Å². The van der Waals surface area contributed by atoms with E-state index in [4.69, 9.17) is 4.42 Å². The molecule has 0 N–H and O–H groups in total. The van der Waals surface area contributed by atoms with Crippen molar-refractivity contribution < 1.29 is 4.42 Å². The van der Waals surface area contributed by atoms with Crippen molar-refractivity contribution in [2.24, 2.45) is 0 Å². The van der Waals surface area contributed by atoms with Gasteiger partial charge in [-0.25, -0.2) is 4.79 Å². The average molecular weight is 239 g/mol. The molecule has 0 aliphatic heterocycles. The number of hydrogen-bond acceptors (Lipinski definition) is 3. The van der Waals surface area contributed by atoms with E-state index in [0.717, 1.165) is 27.7 Å². The maximum atomic E-state index is 12.0. The van der Waals surface area contributed by atoms with Gasteiger partial charge in [0, 0.05) is 11.1 Å². The molecule has 2 heterocycles. The summed E-state index contributed by atoms with van der Waals surface area (Å²) in [7, 11) is 0. The zero-order valence-electron chi connectivity index (χ0n) is 10.6. The summed E-state index contributed by atoms with van der Waals surface area (Å²) in [4.78, 5) is 16.5. The minimum atomic E-state index is -0.314.